The molecular weight excluding hydrogens is 493 g/mol. The fourth-order valence-corrected chi connectivity index (χ4v) is 5.77. The highest BCUT2D eigenvalue weighted by atomic mass is 32.1. The van der Waals surface area contributed by atoms with Crippen LogP contribution in [0.1, 0.15) is 55.3 Å². The molecule has 0 aliphatic heterocycles. The van der Waals surface area contributed by atoms with Crippen molar-refractivity contribution in [1.29, 1.82) is 5.41 Å². The van der Waals surface area contributed by atoms with Crippen molar-refractivity contribution >= 4 is 40.8 Å². The minimum absolute atomic E-state index is 0.109. The van der Waals surface area contributed by atoms with E-state index in [1.807, 2.05) is 13.8 Å². The van der Waals surface area contributed by atoms with Gasteiger partial charge in [0.05, 0.1) is 15.8 Å². The lowest BCUT2D eigenvalue weighted by molar-refractivity contribution is -0.148. The fraction of sp³-hybridized carbons (Fsp3) is 0.375. The summed E-state index contributed by atoms with van der Waals surface area (Å²) in [5.41, 5.74) is 6.52. The van der Waals surface area contributed by atoms with Crippen LogP contribution in [0.3, 0.4) is 0 Å². The van der Waals surface area contributed by atoms with Gasteiger partial charge in [0.1, 0.15) is 5.69 Å². The van der Waals surface area contributed by atoms with E-state index in [1.165, 1.54) is 17.4 Å². The van der Waals surface area contributed by atoms with Crippen LogP contribution in [0.15, 0.2) is 30.6 Å². The van der Waals surface area contributed by atoms with Crippen LogP contribution in [0.2, 0.25) is 0 Å². The number of nitrogen functional groups attached to an aromatic ring is 1. The summed E-state index contributed by atoms with van der Waals surface area (Å²) in [6.45, 7) is 3.93. The number of benzene rings is 1. The SMILES string of the molecule is CC1(C)CC(c2ncc(-c3cc(Nc4nccc(C(F)(F)F)n4)cc(C=N)c3N)s2)CCC1C(=O)O. The van der Waals surface area contributed by atoms with E-state index in [-0.39, 0.29) is 17.3 Å². The number of nitrogens with zero attached hydrogens (tertiary/aromatic N) is 3. The molecule has 8 nitrogen and oxygen atoms in total. The maximum atomic E-state index is 13.0. The van der Waals surface area contributed by atoms with E-state index in [0.717, 1.165) is 28.4 Å². The molecule has 1 saturated carbocycles. The zero-order chi connectivity index (χ0) is 26.3. The molecule has 0 radical (unpaired) electrons. The zero-order valence-corrected chi connectivity index (χ0v) is 20.4. The number of hydrogen-bond donors (Lipinski definition) is 4. The Hall–Kier alpha value is -3.54. The number of anilines is 3. The summed E-state index contributed by atoms with van der Waals surface area (Å²) in [6.07, 6.45) is 1.12. The van der Waals surface area contributed by atoms with Gasteiger partial charge in [-0.25, -0.2) is 15.0 Å². The number of alkyl halides is 3. The molecule has 2 unspecified atom stereocenters. The normalized spacial score (nSPS) is 19.6. The Balaban J connectivity index is 1.63. The highest BCUT2D eigenvalue weighted by Crippen LogP contribution is 2.49. The average Bonchev–Trinajstić information content (AvgIpc) is 3.29. The number of carbonyl (C=O) groups is 1. The number of carboxylic acid groups (broad SMARTS) is 1. The van der Waals surface area contributed by atoms with Crippen LogP contribution in [-0.4, -0.2) is 32.2 Å². The molecule has 1 aromatic carbocycles. The number of rotatable bonds is 6. The quantitative estimate of drug-likeness (QED) is 0.234. The summed E-state index contributed by atoms with van der Waals surface area (Å²) in [5, 5.41) is 20.9. The summed E-state index contributed by atoms with van der Waals surface area (Å²) in [6, 6.07) is 3.98. The average molecular weight is 519 g/mol. The number of nitrogens with one attached hydrogen (secondary N) is 2. The van der Waals surface area contributed by atoms with Crippen LogP contribution in [0.25, 0.3) is 10.4 Å². The molecule has 2 atom stereocenters. The van der Waals surface area contributed by atoms with E-state index in [4.69, 9.17) is 11.1 Å². The molecule has 1 aliphatic carbocycles. The lowest BCUT2D eigenvalue weighted by Gasteiger charge is -2.39. The molecular formula is C24H25F3N6O2S. The van der Waals surface area contributed by atoms with Crippen LogP contribution in [-0.2, 0) is 11.0 Å². The van der Waals surface area contributed by atoms with Crippen molar-refractivity contribution in [2.75, 3.05) is 11.1 Å². The number of halogens is 3. The summed E-state index contributed by atoms with van der Waals surface area (Å²) in [7, 11) is 0. The van der Waals surface area contributed by atoms with Gasteiger partial charge in [-0.2, -0.15) is 13.2 Å². The van der Waals surface area contributed by atoms with Gasteiger partial charge >= 0.3 is 12.1 Å². The standard InChI is InChI=1S/C24H25F3N6O2S/c1-23(2)9-12(3-4-16(23)21(34)35)20-31-11-17(36-20)15-8-14(7-13(10-28)19(15)29)32-22-30-6-5-18(33-22)24(25,26)27/h5-8,10-12,16,28H,3-4,9,29H2,1-2H3,(H,34,35)(H,30,32,33). The van der Waals surface area contributed by atoms with Gasteiger partial charge in [0.2, 0.25) is 5.95 Å². The molecule has 190 valence electrons. The van der Waals surface area contributed by atoms with Crippen LogP contribution in [0, 0.1) is 16.7 Å². The topological polar surface area (TPSA) is 138 Å². The molecule has 1 aliphatic rings. The van der Waals surface area contributed by atoms with Crippen LogP contribution < -0.4 is 11.1 Å². The molecule has 0 saturated heterocycles. The molecule has 1 fully saturated rings. The number of carboxylic acids is 1. The third-order valence-corrected chi connectivity index (χ3v) is 7.72. The maximum Gasteiger partial charge on any atom is 0.433 e. The van der Waals surface area contributed by atoms with Crippen molar-refractivity contribution in [3.05, 3.63) is 46.9 Å². The van der Waals surface area contributed by atoms with Crippen molar-refractivity contribution in [3.63, 3.8) is 0 Å². The first-order valence-electron chi connectivity index (χ1n) is 11.2. The molecule has 2 aromatic heterocycles. The van der Waals surface area contributed by atoms with Crippen molar-refractivity contribution in [3.8, 4) is 10.4 Å². The van der Waals surface area contributed by atoms with Crippen LogP contribution in [0.5, 0.6) is 0 Å². The Labute approximate surface area is 209 Å². The zero-order valence-electron chi connectivity index (χ0n) is 19.6. The van der Waals surface area contributed by atoms with Crippen LogP contribution >= 0.6 is 11.3 Å². The van der Waals surface area contributed by atoms with Gasteiger partial charge < -0.3 is 21.6 Å². The largest absolute Gasteiger partial charge is 0.481 e. The molecule has 0 bridgehead atoms. The molecule has 2 heterocycles. The van der Waals surface area contributed by atoms with Gasteiger partial charge in [-0.3, -0.25) is 4.79 Å². The Morgan fingerprint density at radius 3 is 2.69 bits per heavy atom. The first-order chi connectivity index (χ1) is 16.9. The van der Waals surface area contributed by atoms with Gasteiger partial charge in [0, 0.05) is 47.0 Å². The van der Waals surface area contributed by atoms with E-state index >= 15 is 0 Å². The smallest absolute Gasteiger partial charge is 0.433 e. The summed E-state index contributed by atoms with van der Waals surface area (Å²) >= 11 is 1.44. The molecule has 36 heavy (non-hydrogen) atoms. The van der Waals surface area contributed by atoms with E-state index in [9.17, 15) is 23.1 Å². The second-order valence-electron chi connectivity index (χ2n) is 9.48. The van der Waals surface area contributed by atoms with Gasteiger partial charge in [-0.1, -0.05) is 13.8 Å². The van der Waals surface area contributed by atoms with Crippen molar-refractivity contribution in [1.82, 2.24) is 15.0 Å². The summed E-state index contributed by atoms with van der Waals surface area (Å²) < 4.78 is 39.1. The van der Waals surface area contributed by atoms with Gasteiger partial charge in [0.15, 0.2) is 0 Å². The highest BCUT2D eigenvalue weighted by Gasteiger charge is 2.42. The van der Waals surface area contributed by atoms with E-state index in [2.05, 4.69) is 20.3 Å². The fourth-order valence-electron chi connectivity index (χ4n) is 4.68. The first-order valence-corrected chi connectivity index (χ1v) is 12.0. The molecule has 0 amide bonds. The third kappa shape index (κ3) is 5.18. The minimum atomic E-state index is -4.61. The molecule has 0 spiro atoms. The Bertz CT molecular complexity index is 1310. The van der Waals surface area contributed by atoms with Crippen LogP contribution in [0.4, 0.5) is 30.5 Å². The Kier molecular flexibility index (Phi) is 6.74. The predicted molar refractivity (Wildman–Crippen MR) is 132 cm³/mol. The maximum absolute atomic E-state index is 13.0. The second kappa shape index (κ2) is 9.49. The van der Waals surface area contributed by atoms with E-state index in [1.54, 1.807) is 12.3 Å². The van der Waals surface area contributed by atoms with Crippen molar-refractivity contribution in [2.24, 2.45) is 11.3 Å². The van der Waals surface area contributed by atoms with Gasteiger partial charge in [0.25, 0.3) is 0 Å². The minimum Gasteiger partial charge on any atom is -0.481 e. The highest BCUT2D eigenvalue weighted by molar-refractivity contribution is 7.15. The number of aromatic nitrogens is 3. The van der Waals surface area contributed by atoms with E-state index in [0.29, 0.717) is 41.8 Å². The summed E-state index contributed by atoms with van der Waals surface area (Å²) in [4.78, 5) is 24.3. The van der Waals surface area contributed by atoms with Crippen molar-refractivity contribution in [2.45, 2.75) is 45.2 Å². The Morgan fingerprint density at radius 1 is 1.31 bits per heavy atom. The second-order valence-corrected chi connectivity index (χ2v) is 10.5. The lowest BCUT2D eigenvalue weighted by Crippen LogP contribution is -2.36. The number of aliphatic carboxylic acids is 1. The predicted octanol–water partition coefficient (Wildman–Crippen LogP) is 5.94. The number of nitrogens with two attached hydrogens (primary N) is 1. The third-order valence-electron chi connectivity index (χ3n) is 6.53. The van der Waals surface area contributed by atoms with Crippen molar-refractivity contribution < 1.29 is 23.1 Å². The number of thiazole rings is 1. The molecule has 5 N–H and O–H groups in total. The molecule has 3 aromatic rings. The lowest BCUT2D eigenvalue weighted by atomic mass is 9.65. The van der Waals surface area contributed by atoms with Gasteiger partial charge in [-0.15, -0.1) is 11.3 Å². The Morgan fingerprint density at radius 2 is 2.06 bits per heavy atom. The molecule has 4 rings (SSSR count). The number of hydrogen-bond acceptors (Lipinski definition) is 8. The van der Waals surface area contributed by atoms with E-state index < -0.39 is 23.8 Å². The molecule has 12 heteroatoms. The van der Waals surface area contributed by atoms with Gasteiger partial charge in [-0.05, 0) is 42.9 Å². The monoisotopic (exact) mass is 518 g/mol. The first kappa shape index (κ1) is 25.5. The summed E-state index contributed by atoms with van der Waals surface area (Å²) in [5.74, 6) is -1.31.